The number of carbonyl (C=O) groups excluding carboxylic acids is 1. The van der Waals surface area contributed by atoms with E-state index in [2.05, 4.69) is 10.6 Å². The Hall–Kier alpha value is -3.32. The van der Waals surface area contributed by atoms with Crippen molar-refractivity contribution in [3.8, 4) is 5.75 Å². The first kappa shape index (κ1) is 22.4. The highest BCUT2D eigenvalue weighted by atomic mass is 32.2. The van der Waals surface area contributed by atoms with Crippen molar-refractivity contribution in [3.63, 3.8) is 0 Å². The number of rotatable bonds is 9. The summed E-state index contributed by atoms with van der Waals surface area (Å²) in [5.74, 6) is 0.548. The maximum absolute atomic E-state index is 12.5. The van der Waals surface area contributed by atoms with E-state index < -0.39 is 15.9 Å². The monoisotopic (exact) mass is 438 g/mol. The minimum atomic E-state index is -3.33. The summed E-state index contributed by atoms with van der Waals surface area (Å²) in [7, 11) is -1.73. The predicted octanol–water partition coefficient (Wildman–Crippen LogP) is 3.70. The van der Waals surface area contributed by atoms with Crippen LogP contribution in [0.15, 0.2) is 84.9 Å². The third-order valence-electron chi connectivity index (χ3n) is 4.79. The molecule has 0 fully saturated rings. The number of sulfone groups is 1. The van der Waals surface area contributed by atoms with E-state index in [4.69, 9.17) is 4.74 Å². The van der Waals surface area contributed by atoms with Gasteiger partial charge in [-0.1, -0.05) is 72.8 Å². The minimum Gasteiger partial charge on any atom is -0.497 e. The van der Waals surface area contributed by atoms with E-state index >= 15 is 0 Å². The Morgan fingerprint density at radius 2 is 1.45 bits per heavy atom. The van der Waals surface area contributed by atoms with Gasteiger partial charge >= 0.3 is 6.03 Å². The highest BCUT2D eigenvalue weighted by Crippen LogP contribution is 2.24. The molecule has 0 spiro atoms. The molecule has 2 amide bonds. The largest absolute Gasteiger partial charge is 0.497 e. The van der Waals surface area contributed by atoms with Crippen LogP contribution in [0, 0.1) is 0 Å². The Morgan fingerprint density at radius 3 is 2.06 bits per heavy atom. The first-order chi connectivity index (χ1) is 15.0. The van der Waals surface area contributed by atoms with Crippen molar-refractivity contribution in [1.82, 2.24) is 10.6 Å². The zero-order chi connectivity index (χ0) is 22.1. The van der Waals surface area contributed by atoms with Crippen LogP contribution in [0.1, 0.15) is 22.7 Å². The summed E-state index contributed by atoms with van der Waals surface area (Å²) in [5, 5.41) is 5.60. The molecule has 0 aliphatic rings. The normalized spacial score (nSPS) is 12.0. The first-order valence-corrected chi connectivity index (χ1v) is 11.8. The van der Waals surface area contributed by atoms with Crippen LogP contribution in [-0.4, -0.2) is 33.9 Å². The Kier molecular flexibility index (Phi) is 7.67. The van der Waals surface area contributed by atoms with E-state index in [1.54, 1.807) is 31.4 Å². The molecule has 3 rings (SSSR count). The summed E-state index contributed by atoms with van der Waals surface area (Å²) in [6.07, 6.45) is 0. The SMILES string of the molecule is COc1ccc([C@@H](NC(=O)NCCS(=O)(=O)Cc2ccccc2)c2ccccc2)cc1. The number of hydrogen-bond donors (Lipinski definition) is 2. The third kappa shape index (κ3) is 6.86. The zero-order valence-corrected chi connectivity index (χ0v) is 18.1. The van der Waals surface area contributed by atoms with E-state index in [9.17, 15) is 13.2 Å². The van der Waals surface area contributed by atoms with Crippen molar-refractivity contribution in [3.05, 3.63) is 102 Å². The smallest absolute Gasteiger partial charge is 0.315 e. The van der Waals surface area contributed by atoms with Gasteiger partial charge < -0.3 is 15.4 Å². The van der Waals surface area contributed by atoms with Gasteiger partial charge in [-0.25, -0.2) is 13.2 Å². The second-order valence-corrected chi connectivity index (χ2v) is 9.28. The minimum absolute atomic E-state index is 0.0329. The number of carbonyl (C=O) groups is 1. The van der Waals surface area contributed by atoms with Gasteiger partial charge in [-0.05, 0) is 28.8 Å². The van der Waals surface area contributed by atoms with Crippen LogP contribution in [-0.2, 0) is 15.6 Å². The third-order valence-corrected chi connectivity index (χ3v) is 6.38. The van der Waals surface area contributed by atoms with Crippen LogP contribution in [0.4, 0.5) is 4.79 Å². The number of methoxy groups -OCH3 is 1. The summed E-state index contributed by atoms with van der Waals surface area (Å²) < 4.78 is 29.9. The van der Waals surface area contributed by atoms with Crippen LogP contribution in [0.3, 0.4) is 0 Å². The highest BCUT2D eigenvalue weighted by molar-refractivity contribution is 7.90. The fourth-order valence-electron chi connectivity index (χ4n) is 3.20. The maximum Gasteiger partial charge on any atom is 0.315 e. The molecule has 2 N–H and O–H groups in total. The molecular weight excluding hydrogens is 412 g/mol. The van der Waals surface area contributed by atoms with Crippen LogP contribution >= 0.6 is 0 Å². The fraction of sp³-hybridized carbons (Fsp3) is 0.208. The summed E-state index contributed by atoms with van der Waals surface area (Å²) in [6.45, 7) is 0.0329. The van der Waals surface area contributed by atoms with Gasteiger partial charge in [0.05, 0.1) is 24.7 Å². The molecule has 1 atom stereocenters. The molecule has 3 aromatic rings. The number of benzene rings is 3. The van der Waals surface area contributed by atoms with E-state index in [-0.39, 0.29) is 24.1 Å². The molecule has 0 saturated carbocycles. The molecule has 3 aromatic carbocycles. The van der Waals surface area contributed by atoms with Crippen LogP contribution in [0.2, 0.25) is 0 Å². The molecule has 0 heterocycles. The van der Waals surface area contributed by atoms with E-state index in [0.717, 1.165) is 22.4 Å². The standard InChI is InChI=1S/C24H26N2O4S/c1-30-22-14-12-21(13-15-22)23(20-10-6-3-7-11-20)26-24(27)25-16-17-31(28,29)18-19-8-4-2-5-9-19/h2-15,23H,16-18H2,1H3,(H2,25,26,27)/t23-/m0/s1. The lowest BCUT2D eigenvalue weighted by molar-refractivity contribution is 0.239. The molecule has 7 heteroatoms. The number of amides is 2. The topological polar surface area (TPSA) is 84.5 Å². The van der Waals surface area contributed by atoms with Crippen LogP contribution in [0.5, 0.6) is 5.75 Å². The van der Waals surface area contributed by atoms with Gasteiger partial charge in [0.1, 0.15) is 5.75 Å². The molecule has 0 radical (unpaired) electrons. The van der Waals surface area contributed by atoms with Crippen molar-refractivity contribution in [1.29, 1.82) is 0 Å². The van der Waals surface area contributed by atoms with Gasteiger partial charge in [0, 0.05) is 6.54 Å². The predicted molar refractivity (Wildman–Crippen MR) is 122 cm³/mol. The summed E-state index contributed by atoms with van der Waals surface area (Å²) in [4.78, 5) is 12.5. The number of hydrogen-bond acceptors (Lipinski definition) is 4. The fourth-order valence-corrected chi connectivity index (χ4v) is 4.46. The molecule has 0 unspecified atom stereocenters. The number of ether oxygens (including phenoxy) is 1. The Morgan fingerprint density at radius 1 is 0.871 bits per heavy atom. The summed E-state index contributed by atoms with van der Waals surface area (Å²) in [5.41, 5.74) is 2.54. The van der Waals surface area contributed by atoms with Gasteiger partial charge in [0.25, 0.3) is 0 Å². The molecule has 0 aliphatic heterocycles. The Labute approximate surface area is 183 Å². The van der Waals surface area contributed by atoms with Crippen molar-refractivity contribution < 1.29 is 17.9 Å². The van der Waals surface area contributed by atoms with E-state index in [1.165, 1.54) is 0 Å². The molecule has 162 valence electrons. The van der Waals surface area contributed by atoms with Crippen molar-refractivity contribution >= 4 is 15.9 Å². The van der Waals surface area contributed by atoms with Crippen molar-refractivity contribution in [2.24, 2.45) is 0 Å². The zero-order valence-electron chi connectivity index (χ0n) is 17.3. The number of nitrogens with one attached hydrogen (secondary N) is 2. The molecule has 0 saturated heterocycles. The van der Waals surface area contributed by atoms with Crippen molar-refractivity contribution in [2.45, 2.75) is 11.8 Å². The van der Waals surface area contributed by atoms with Gasteiger partial charge in [0.15, 0.2) is 9.84 Å². The Bertz CT molecular complexity index is 1070. The molecule has 31 heavy (non-hydrogen) atoms. The average Bonchev–Trinajstić information content (AvgIpc) is 2.78. The van der Waals surface area contributed by atoms with Crippen LogP contribution in [0.25, 0.3) is 0 Å². The molecule has 0 bridgehead atoms. The second kappa shape index (κ2) is 10.6. The second-order valence-electron chi connectivity index (χ2n) is 7.09. The molecule has 6 nitrogen and oxygen atoms in total. The van der Waals surface area contributed by atoms with E-state index in [0.29, 0.717) is 0 Å². The van der Waals surface area contributed by atoms with Crippen molar-refractivity contribution in [2.75, 3.05) is 19.4 Å². The van der Waals surface area contributed by atoms with Gasteiger partial charge in [-0.3, -0.25) is 0 Å². The van der Waals surface area contributed by atoms with Gasteiger partial charge in [-0.2, -0.15) is 0 Å². The van der Waals surface area contributed by atoms with Gasteiger partial charge in [-0.15, -0.1) is 0 Å². The first-order valence-electron chi connectivity index (χ1n) is 9.94. The molecule has 0 aliphatic carbocycles. The molecular formula is C24H26N2O4S. The van der Waals surface area contributed by atoms with Crippen LogP contribution < -0.4 is 15.4 Å². The quantitative estimate of drug-likeness (QED) is 0.534. The van der Waals surface area contributed by atoms with E-state index in [1.807, 2.05) is 60.7 Å². The summed E-state index contributed by atoms with van der Waals surface area (Å²) >= 11 is 0. The Balaban J connectivity index is 1.61. The average molecular weight is 439 g/mol. The lowest BCUT2D eigenvalue weighted by Crippen LogP contribution is -2.40. The van der Waals surface area contributed by atoms with Gasteiger partial charge in [0.2, 0.25) is 0 Å². The number of urea groups is 1. The lowest BCUT2D eigenvalue weighted by Gasteiger charge is -2.20. The summed E-state index contributed by atoms with van der Waals surface area (Å²) in [6, 6.07) is 25.2. The highest BCUT2D eigenvalue weighted by Gasteiger charge is 2.18. The molecule has 0 aromatic heterocycles. The maximum atomic E-state index is 12.5. The lowest BCUT2D eigenvalue weighted by atomic mass is 9.99.